The molecule has 0 radical (unpaired) electrons. The molecule has 0 spiro atoms. The molecule has 138 valence electrons. The summed E-state index contributed by atoms with van der Waals surface area (Å²) in [6.07, 6.45) is 3.43. The van der Waals surface area contributed by atoms with Gasteiger partial charge in [-0.15, -0.1) is 0 Å². The third-order valence-electron chi connectivity index (χ3n) is 4.37. The molecule has 26 heavy (non-hydrogen) atoms. The Morgan fingerprint density at radius 3 is 2.31 bits per heavy atom. The Morgan fingerprint density at radius 2 is 1.73 bits per heavy atom. The number of esters is 1. The summed E-state index contributed by atoms with van der Waals surface area (Å²) in [7, 11) is -1.80. The molecule has 1 aliphatic rings. The van der Waals surface area contributed by atoms with Gasteiger partial charge in [-0.1, -0.05) is 0 Å². The number of ketones is 1. The zero-order chi connectivity index (χ0) is 18.7. The topological polar surface area (TPSA) is 85.7 Å². The van der Waals surface area contributed by atoms with Crippen LogP contribution in [0.4, 0.5) is 0 Å². The number of carbonyl (C=O) groups is 2. The van der Waals surface area contributed by atoms with E-state index in [-0.39, 0.29) is 4.90 Å². The van der Waals surface area contributed by atoms with E-state index in [0.717, 1.165) is 12.8 Å². The number of hydrogen-bond donors (Lipinski definition) is 0. The van der Waals surface area contributed by atoms with Gasteiger partial charge in [-0.3, -0.25) is 4.79 Å². The molecule has 0 N–H and O–H groups in total. The lowest BCUT2D eigenvalue weighted by Crippen LogP contribution is -2.27. The Balaban J connectivity index is 1.64. The summed E-state index contributed by atoms with van der Waals surface area (Å²) in [4.78, 5) is 24.3. The van der Waals surface area contributed by atoms with E-state index < -0.39 is 28.4 Å². The van der Waals surface area contributed by atoms with Crippen LogP contribution in [-0.4, -0.2) is 48.7 Å². The van der Waals surface area contributed by atoms with Crippen LogP contribution < -0.4 is 0 Å². The molecule has 1 saturated heterocycles. The molecular formula is C18H20N2O5S. The molecule has 2 aromatic rings. The monoisotopic (exact) mass is 376 g/mol. The van der Waals surface area contributed by atoms with Crippen LogP contribution in [0.2, 0.25) is 0 Å². The molecule has 0 aliphatic carbocycles. The van der Waals surface area contributed by atoms with E-state index in [4.69, 9.17) is 4.74 Å². The summed E-state index contributed by atoms with van der Waals surface area (Å²) < 4.78 is 33.0. The summed E-state index contributed by atoms with van der Waals surface area (Å²) in [5.74, 6) is -0.975. The van der Waals surface area contributed by atoms with Crippen molar-refractivity contribution in [2.75, 3.05) is 19.7 Å². The molecule has 0 bridgehead atoms. The Hall–Kier alpha value is -2.45. The highest BCUT2D eigenvalue weighted by Gasteiger charge is 2.27. The fourth-order valence-corrected chi connectivity index (χ4v) is 4.37. The molecule has 0 unspecified atom stereocenters. The third kappa shape index (κ3) is 3.71. The average Bonchev–Trinajstić information content (AvgIpc) is 3.31. The fraction of sp³-hybridized carbons (Fsp3) is 0.333. The van der Waals surface area contributed by atoms with Crippen molar-refractivity contribution in [2.24, 2.45) is 7.05 Å². The highest BCUT2D eigenvalue weighted by molar-refractivity contribution is 7.89. The summed E-state index contributed by atoms with van der Waals surface area (Å²) in [5, 5.41) is 0. The molecule has 2 heterocycles. The van der Waals surface area contributed by atoms with E-state index >= 15 is 0 Å². The van der Waals surface area contributed by atoms with Crippen LogP contribution in [-0.2, 0) is 21.8 Å². The van der Waals surface area contributed by atoms with Crippen molar-refractivity contribution in [1.29, 1.82) is 0 Å². The van der Waals surface area contributed by atoms with Gasteiger partial charge >= 0.3 is 5.97 Å². The maximum atomic E-state index is 12.5. The van der Waals surface area contributed by atoms with E-state index in [1.165, 1.54) is 28.6 Å². The first-order chi connectivity index (χ1) is 12.4. The normalized spacial score (nSPS) is 15.1. The number of rotatable bonds is 6. The van der Waals surface area contributed by atoms with Gasteiger partial charge < -0.3 is 9.30 Å². The summed E-state index contributed by atoms with van der Waals surface area (Å²) in [6.45, 7) is 0.651. The first kappa shape index (κ1) is 18.3. The van der Waals surface area contributed by atoms with Crippen molar-refractivity contribution >= 4 is 21.8 Å². The lowest BCUT2D eigenvalue weighted by atomic mass is 10.1. The van der Waals surface area contributed by atoms with Crippen molar-refractivity contribution in [2.45, 2.75) is 17.7 Å². The van der Waals surface area contributed by atoms with Crippen molar-refractivity contribution in [3.63, 3.8) is 0 Å². The summed E-state index contributed by atoms with van der Waals surface area (Å²) in [6, 6.07) is 9.03. The number of sulfonamides is 1. The summed E-state index contributed by atoms with van der Waals surface area (Å²) in [5.41, 5.74) is 0.648. The van der Waals surface area contributed by atoms with Crippen LogP contribution in [0.3, 0.4) is 0 Å². The maximum Gasteiger partial charge on any atom is 0.355 e. The van der Waals surface area contributed by atoms with Gasteiger partial charge in [0.2, 0.25) is 10.0 Å². The summed E-state index contributed by atoms with van der Waals surface area (Å²) >= 11 is 0. The van der Waals surface area contributed by atoms with Crippen LogP contribution >= 0.6 is 0 Å². The van der Waals surface area contributed by atoms with Crippen molar-refractivity contribution in [1.82, 2.24) is 8.87 Å². The molecule has 1 aromatic carbocycles. The van der Waals surface area contributed by atoms with Gasteiger partial charge in [-0.05, 0) is 49.2 Å². The molecule has 8 heteroatoms. The minimum absolute atomic E-state index is 0.164. The number of nitrogens with zero attached hydrogens (tertiary/aromatic N) is 2. The van der Waals surface area contributed by atoms with E-state index in [0.29, 0.717) is 24.3 Å². The number of hydrogen-bond acceptors (Lipinski definition) is 5. The van der Waals surface area contributed by atoms with Crippen LogP contribution in [0.25, 0.3) is 0 Å². The smallest absolute Gasteiger partial charge is 0.355 e. The molecule has 1 fully saturated rings. The van der Waals surface area contributed by atoms with Gasteiger partial charge in [0.1, 0.15) is 5.69 Å². The zero-order valence-electron chi connectivity index (χ0n) is 14.4. The molecule has 0 amide bonds. The molecule has 1 aromatic heterocycles. The molecule has 1 aliphatic heterocycles. The fourth-order valence-electron chi connectivity index (χ4n) is 2.85. The average molecular weight is 376 g/mol. The largest absolute Gasteiger partial charge is 0.453 e. The second-order valence-electron chi connectivity index (χ2n) is 6.14. The number of aromatic nitrogens is 1. The van der Waals surface area contributed by atoms with Crippen molar-refractivity contribution < 1.29 is 22.7 Å². The number of carbonyl (C=O) groups excluding carboxylic acids is 2. The Labute approximate surface area is 152 Å². The lowest BCUT2D eigenvalue weighted by molar-refractivity contribution is 0.0465. The van der Waals surface area contributed by atoms with Crippen LogP contribution in [0.5, 0.6) is 0 Å². The Bertz CT molecular complexity index is 909. The number of aryl methyl sites for hydroxylation is 1. The van der Waals surface area contributed by atoms with Crippen LogP contribution in [0.15, 0.2) is 47.5 Å². The first-order valence-electron chi connectivity index (χ1n) is 8.31. The van der Waals surface area contributed by atoms with Gasteiger partial charge in [-0.25, -0.2) is 13.2 Å². The molecule has 7 nitrogen and oxygen atoms in total. The second kappa shape index (κ2) is 7.43. The van der Waals surface area contributed by atoms with E-state index in [2.05, 4.69) is 0 Å². The minimum Gasteiger partial charge on any atom is -0.453 e. The van der Waals surface area contributed by atoms with Crippen LogP contribution in [0, 0.1) is 0 Å². The number of ether oxygens (including phenoxy) is 1. The standard InChI is InChI=1S/C18H20N2O5S/c1-19-10-4-5-16(19)18(22)25-13-17(21)14-6-8-15(9-7-14)26(23,24)20-11-2-3-12-20/h4-10H,2-3,11-13H2,1H3. The highest BCUT2D eigenvalue weighted by atomic mass is 32.2. The lowest BCUT2D eigenvalue weighted by Gasteiger charge is -2.15. The van der Waals surface area contributed by atoms with Gasteiger partial charge in [0.25, 0.3) is 0 Å². The van der Waals surface area contributed by atoms with Gasteiger partial charge in [0.05, 0.1) is 4.90 Å². The second-order valence-corrected chi connectivity index (χ2v) is 8.08. The van der Waals surface area contributed by atoms with Crippen molar-refractivity contribution in [3.05, 3.63) is 53.9 Å². The quantitative estimate of drug-likeness (QED) is 0.567. The van der Waals surface area contributed by atoms with E-state index in [1.807, 2.05) is 0 Å². The van der Waals surface area contributed by atoms with Crippen molar-refractivity contribution in [3.8, 4) is 0 Å². The predicted octanol–water partition coefficient (Wildman–Crippen LogP) is 1.85. The van der Waals surface area contributed by atoms with Gasteiger partial charge in [0.15, 0.2) is 12.4 Å². The third-order valence-corrected chi connectivity index (χ3v) is 6.28. The Kier molecular flexibility index (Phi) is 5.24. The van der Waals surface area contributed by atoms with Gasteiger partial charge in [0, 0.05) is 31.9 Å². The first-order valence-corrected chi connectivity index (χ1v) is 9.75. The number of Topliss-reactive ketones (excluding diaryl/α,β-unsaturated/α-hetero) is 1. The Morgan fingerprint density at radius 1 is 1.08 bits per heavy atom. The molecule has 0 atom stereocenters. The van der Waals surface area contributed by atoms with Gasteiger partial charge in [-0.2, -0.15) is 4.31 Å². The SMILES string of the molecule is Cn1cccc1C(=O)OCC(=O)c1ccc(S(=O)(=O)N2CCCC2)cc1. The number of benzene rings is 1. The molecule has 0 saturated carbocycles. The zero-order valence-corrected chi connectivity index (χ0v) is 15.2. The molecular weight excluding hydrogens is 356 g/mol. The van der Waals surface area contributed by atoms with Crippen LogP contribution in [0.1, 0.15) is 33.7 Å². The van der Waals surface area contributed by atoms with E-state index in [1.54, 1.807) is 29.9 Å². The predicted molar refractivity (Wildman–Crippen MR) is 94.5 cm³/mol. The van der Waals surface area contributed by atoms with E-state index in [9.17, 15) is 18.0 Å². The molecule has 3 rings (SSSR count). The minimum atomic E-state index is -3.51. The highest BCUT2D eigenvalue weighted by Crippen LogP contribution is 2.21. The maximum absolute atomic E-state index is 12.5.